The highest BCUT2D eigenvalue weighted by Gasteiger charge is 2.20. The Morgan fingerprint density at radius 3 is 3.07 bits per heavy atom. The molecule has 0 saturated carbocycles. The fourth-order valence-corrected chi connectivity index (χ4v) is 3.28. The van der Waals surface area contributed by atoms with Crippen molar-refractivity contribution in [3.63, 3.8) is 0 Å². The maximum absolute atomic E-state index is 5.55. The Hall–Kier alpha value is -0.220. The van der Waals surface area contributed by atoms with Gasteiger partial charge in [0.2, 0.25) is 0 Å². The Morgan fingerprint density at radius 1 is 1.53 bits per heavy atom. The van der Waals surface area contributed by atoms with Crippen molar-refractivity contribution in [3.8, 4) is 0 Å². The molecular formula is C11H20N2OS. The minimum atomic E-state index is 0.368. The predicted molar refractivity (Wildman–Crippen MR) is 65.5 cm³/mol. The highest BCUT2D eigenvalue weighted by Crippen LogP contribution is 2.22. The smallest absolute Gasteiger partial charge is 0.157 e. The Kier molecular flexibility index (Phi) is 3.92. The number of nitrogens with one attached hydrogen (secondary N) is 1. The lowest BCUT2D eigenvalue weighted by molar-refractivity contribution is 0.118. The molecule has 0 aromatic carbocycles. The summed E-state index contributed by atoms with van der Waals surface area (Å²) in [5.41, 5.74) is 0. The standard InChI is InChI=1S/C11H20N2OS/c1-8-6-9(2)15-11(13-8)12-7-10-4-3-5-14-10/h8-10H,3-7H2,1-2H3,(H,12,13). The molecule has 0 aliphatic carbocycles. The largest absolute Gasteiger partial charge is 0.376 e. The Bertz CT molecular complexity index is 227. The van der Waals surface area contributed by atoms with E-state index in [1.807, 2.05) is 11.8 Å². The van der Waals surface area contributed by atoms with Crippen LogP contribution < -0.4 is 5.32 Å². The Labute approximate surface area is 96.1 Å². The van der Waals surface area contributed by atoms with Crippen LogP contribution in [0.2, 0.25) is 0 Å². The van der Waals surface area contributed by atoms with Crippen LogP contribution in [0.3, 0.4) is 0 Å². The number of hydrogen-bond donors (Lipinski definition) is 1. The van der Waals surface area contributed by atoms with Crippen molar-refractivity contribution in [2.24, 2.45) is 4.99 Å². The average Bonchev–Trinajstić information content (AvgIpc) is 2.65. The van der Waals surface area contributed by atoms with Crippen LogP contribution in [0.4, 0.5) is 0 Å². The molecule has 0 aromatic rings. The lowest BCUT2D eigenvalue weighted by atomic mass is 10.2. The molecule has 15 heavy (non-hydrogen) atoms. The van der Waals surface area contributed by atoms with Gasteiger partial charge >= 0.3 is 0 Å². The summed E-state index contributed by atoms with van der Waals surface area (Å²) in [4.78, 5) is 4.61. The summed E-state index contributed by atoms with van der Waals surface area (Å²) in [6.07, 6.45) is 3.96. The van der Waals surface area contributed by atoms with E-state index < -0.39 is 0 Å². The first-order valence-electron chi connectivity index (χ1n) is 5.83. The number of aliphatic imine (C=N–C) groups is 1. The fourth-order valence-electron chi connectivity index (χ4n) is 2.10. The molecule has 2 heterocycles. The van der Waals surface area contributed by atoms with E-state index in [0.29, 0.717) is 17.4 Å². The van der Waals surface area contributed by atoms with Crippen LogP contribution in [0.1, 0.15) is 33.1 Å². The number of nitrogens with zero attached hydrogens (tertiary/aromatic N) is 1. The van der Waals surface area contributed by atoms with Gasteiger partial charge in [0.15, 0.2) is 5.17 Å². The topological polar surface area (TPSA) is 33.6 Å². The van der Waals surface area contributed by atoms with Crippen LogP contribution in [0.15, 0.2) is 4.99 Å². The molecule has 1 N–H and O–H groups in total. The van der Waals surface area contributed by atoms with Crippen molar-refractivity contribution in [2.45, 2.75) is 50.5 Å². The van der Waals surface area contributed by atoms with Gasteiger partial charge in [-0.15, -0.1) is 0 Å². The summed E-state index contributed by atoms with van der Waals surface area (Å²) in [5, 5.41) is 5.22. The van der Waals surface area contributed by atoms with Crippen LogP contribution in [0.25, 0.3) is 0 Å². The van der Waals surface area contributed by atoms with Gasteiger partial charge in [0.1, 0.15) is 0 Å². The molecule has 86 valence electrons. The molecule has 0 amide bonds. The summed E-state index contributed by atoms with van der Waals surface area (Å²) in [6, 6.07) is 0.560. The molecular weight excluding hydrogens is 208 g/mol. The number of rotatable bonds is 2. The molecule has 3 nitrogen and oxygen atoms in total. The summed E-state index contributed by atoms with van der Waals surface area (Å²) < 4.78 is 5.55. The van der Waals surface area contributed by atoms with Crippen LogP contribution in [-0.4, -0.2) is 35.7 Å². The third-order valence-electron chi connectivity index (χ3n) is 2.83. The van der Waals surface area contributed by atoms with E-state index in [9.17, 15) is 0 Å². The van der Waals surface area contributed by atoms with Gasteiger partial charge in [0.05, 0.1) is 12.6 Å². The van der Waals surface area contributed by atoms with Gasteiger partial charge in [-0.2, -0.15) is 0 Å². The van der Waals surface area contributed by atoms with Crippen molar-refractivity contribution in [3.05, 3.63) is 0 Å². The first-order valence-corrected chi connectivity index (χ1v) is 6.71. The van der Waals surface area contributed by atoms with Crippen molar-refractivity contribution < 1.29 is 4.74 Å². The zero-order chi connectivity index (χ0) is 10.7. The summed E-state index contributed by atoms with van der Waals surface area (Å²) in [5.74, 6) is 0. The maximum atomic E-state index is 5.55. The minimum absolute atomic E-state index is 0.368. The summed E-state index contributed by atoms with van der Waals surface area (Å²) in [7, 11) is 0. The molecule has 2 aliphatic heterocycles. The molecule has 3 atom stereocenters. The van der Waals surface area contributed by atoms with E-state index >= 15 is 0 Å². The molecule has 0 spiro atoms. The van der Waals surface area contributed by atoms with Crippen molar-refractivity contribution in [1.29, 1.82) is 0 Å². The average molecular weight is 228 g/mol. The second-order valence-electron chi connectivity index (χ2n) is 4.49. The number of amidine groups is 1. The molecule has 2 aliphatic rings. The van der Waals surface area contributed by atoms with Crippen LogP contribution in [0.5, 0.6) is 0 Å². The molecule has 0 bridgehead atoms. The maximum Gasteiger partial charge on any atom is 0.157 e. The van der Waals surface area contributed by atoms with E-state index in [1.165, 1.54) is 19.3 Å². The van der Waals surface area contributed by atoms with Gasteiger partial charge in [0.25, 0.3) is 0 Å². The Balaban J connectivity index is 1.82. The minimum Gasteiger partial charge on any atom is -0.376 e. The van der Waals surface area contributed by atoms with Gasteiger partial charge in [-0.1, -0.05) is 18.7 Å². The first-order chi connectivity index (χ1) is 7.24. The van der Waals surface area contributed by atoms with Gasteiger partial charge < -0.3 is 10.1 Å². The Morgan fingerprint density at radius 2 is 2.40 bits per heavy atom. The second-order valence-corrected chi connectivity index (χ2v) is 5.92. The van der Waals surface area contributed by atoms with Gasteiger partial charge in [-0.25, -0.2) is 0 Å². The predicted octanol–water partition coefficient (Wildman–Crippen LogP) is 2.02. The lowest BCUT2D eigenvalue weighted by Gasteiger charge is -2.27. The molecule has 2 rings (SSSR count). The fraction of sp³-hybridized carbons (Fsp3) is 0.909. The van der Waals surface area contributed by atoms with Crippen LogP contribution in [0, 0.1) is 0 Å². The van der Waals surface area contributed by atoms with Crippen LogP contribution >= 0.6 is 11.8 Å². The number of thioether (sulfide) groups is 1. The first kappa shape index (κ1) is 11.3. The molecule has 2 saturated heterocycles. The SMILES string of the molecule is CC1CC(C)SC(=NCC2CCCO2)N1. The molecule has 3 unspecified atom stereocenters. The molecule has 0 aromatic heterocycles. The second kappa shape index (κ2) is 5.21. The van der Waals surface area contributed by atoms with E-state index in [-0.39, 0.29) is 0 Å². The monoisotopic (exact) mass is 228 g/mol. The quantitative estimate of drug-likeness (QED) is 0.785. The zero-order valence-electron chi connectivity index (χ0n) is 9.53. The van der Waals surface area contributed by atoms with Crippen molar-refractivity contribution in [1.82, 2.24) is 5.32 Å². The van der Waals surface area contributed by atoms with Crippen molar-refractivity contribution >= 4 is 16.9 Å². The summed E-state index contributed by atoms with van der Waals surface area (Å²) in [6.45, 7) is 6.24. The molecule has 4 heteroatoms. The third-order valence-corrected chi connectivity index (χ3v) is 3.90. The van der Waals surface area contributed by atoms with Gasteiger partial charge in [0, 0.05) is 17.9 Å². The van der Waals surface area contributed by atoms with E-state index in [2.05, 4.69) is 24.2 Å². The zero-order valence-corrected chi connectivity index (χ0v) is 10.3. The summed E-state index contributed by atoms with van der Waals surface area (Å²) >= 11 is 1.86. The highest BCUT2D eigenvalue weighted by atomic mass is 32.2. The molecule has 2 fully saturated rings. The normalized spacial score (nSPS) is 39.3. The van der Waals surface area contributed by atoms with Gasteiger partial charge in [-0.3, -0.25) is 4.99 Å². The third kappa shape index (κ3) is 3.38. The lowest BCUT2D eigenvalue weighted by Crippen LogP contribution is -2.38. The number of hydrogen-bond acceptors (Lipinski definition) is 3. The van der Waals surface area contributed by atoms with E-state index in [1.54, 1.807) is 0 Å². The van der Waals surface area contributed by atoms with E-state index in [4.69, 9.17) is 4.74 Å². The number of ether oxygens (including phenoxy) is 1. The highest BCUT2D eigenvalue weighted by molar-refractivity contribution is 8.14. The molecule has 0 radical (unpaired) electrons. The van der Waals surface area contributed by atoms with Gasteiger partial charge in [-0.05, 0) is 26.2 Å². The van der Waals surface area contributed by atoms with E-state index in [0.717, 1.165) is 18.3 Å². The van der Waals surface area contributed by atoms with Crippen molar-refractivity contribution in [2.75, 3.05) is 13.2 Å². The van der Waals surface area contributed by atoms with Crippen LogP contribution in [-0.2, 0) is 4.74 Å².